The number of amides is 2. The topological polar surface area (TPSA) is 121 Å². The fourth-order valence-corrected chi connectivity index (χ4v) is 2.58. The van der Waals surface area contributed by atoms with Gasteiger partial charge in [-0.3, -0.25) is 14.6 Å². The molecular formula is C17H15Cl2N5O2. The van der Waals surface area contributed by atoms with Crippen molar-refractivity contribution < 1.29 is 9.59 Å². The highest BCUT2D eigenvalue weighted by Gasteiger charge is 2.22. The Hall–Kier alpha value is -2.77. The molecule has 2 aromatic rings. The van der Waals surface area contributed by atoms with E-state index < -0.39 is 11.8 Å². The quantitative estimate of drug-likeness (QED) is 0.655. The molecule has 7 nitrogen and oxygen atoms in total. The van der Waals surface area contributed by atoms with Crippen molar-refractivity contribution in [2.45, 2.75) is 6.92 Å². The van der Waals surface area contributed by atoms with Gasteiger partial charge < -0.3 is 16.5 Å². The van der Waals surface area contributed by atoms with Gasteiger partial charge in [-0.05, 0) is 18.2 Å². The average molecular weight is 392 g/mol. The van der Waals surface area contributed by atoms with Crippen LogP contribution in [0.15, 0.2) is 41.5 Å². The van der Waals surface area contributed by atoms with Gasteiger partial charge in [-0.15, -0.1) is 0 Å². The third-order valence-electron chi connectivity index (χ3n) is 3.26. The van der Waals surface area contributed by atoms with Crippen LogP contribution in [0.2, 0.25) is 10.0 Å². The fourth-order valence-electron chi connectivity index (χ4n) is 2.07. The second kappa shape index (κ2) is 8.55. The summed E-state index contributed by atoms with van der Waals surface area (Å²) in [6, 6.07) is 7.69. The molecule has 0 aliphatic carbocycles. The molecule has 2 amide bonds. The molecule has 0 aliphatic rings. The van der Waals surface area contributed by atoms with E-state index in [1.165, 1.54) is 37.5 Å². The molecule has 0 radical (unpaired) electrons. The Labute approximate surface area is 159 Å². The van der Waals surface area contributed by atoms with Crippen LogP contribution in [-0.4, -0.2) is 28.7 Å². The van der Waals surface area contributed by atoms with Crippen molar-refractivity contribution in [3.8, 4) is 0 Å². The number of rotatable bonds is 6. The van der Waals surface area contributed by atoms with Crippen molar-refractivity contribution in [2.24, 2.45) is 16.6 Å². The molecule has 0 fully saturated rings. The molecule has 0 saturated carbocycles. The Morgan fingerprint density at radius 1 is 1.31 bits per heavy atom. The lowest BCUT2D eigenvalue weighted by Crippen LogP contribution is -2.31. The molecule has 1 unspecified atom stereocenters. The number of nitrogens with zero attached hydrogens (tertiary/aromatic N) is 2. The van der Waals surface area contributed by atoms with Gasteiger partial charge in [0.1, 0.15) is 11.7 Å². The van der Waals surface area contributed by atoms with Gasteiger partial charge in [0.25, 0.3) is 0 Å². The van der Waals surface area contributed by atoms with E-state index in [1.807, 2.05) is 0 Å². The van der Waals surface area contributed by atoms with Gasteiger partial charge in [0.15, 0.2) is 0 Å². The van der Waals surface area contributed by atoms with Gasteiger partial charge >= 0.3 is 0 Å². The minimum Gasteiger partial charge on any atom is -0.369 e. The van der Waals surface area contributed by atoms with Gasteiger partial charge in [-0.25, -0.2) is 4.98 Å². The summed E-state index contributed by atoms with van der Waals surface area (Å²) in [6.07, 6.45) is 2.71. The Morgan fingerprint density at radius 2 is 2.04 bits per heavy atom. The standard InChI is InChI=1S/C17H15Cl2N5O2/c1-9(25)24-15-7-11(4-5-22-15)23-8-13(17(21)26)16(20)12-3-2-10(18)6-14(12)19/h2-8,13,20H,1H3,(H2,21,26)(H,22,24,25). The number of benzene rings is 1. The zero-order valence-corrected chi connectivity index (χ0v) is 15.2. The minimum absolute atomic E-state index is 0.0981. The fraction of sp³-hybridized carbons (Fsp3) is 0.118. The SMILES string of the molecule is CC(=O)Nc1cc(N=CC(C(=N)c2ccc(Cl)cc2Cl)C(N)=O)ccn1. The number of pyridine rings is 1. The lowest BCUT2D eigenvalue weighted by molar-refractivity contribution is -0.118. The van der Waals surface area contributed by atoms with Crippen molar-refractivity contribution in [3.63, 3.8) is 0 Å². The molecule has 1 aromatic carbocycles. The van der Waals surface area contributed by atoms with Gasteiger partial charge in [0, 0.05) is 36.0 Å². The number of nitrogens with one attached hydrogen (secondary N) is 2. The Morgan fingerprint density at radius 3 is 2.65 bits per heavy atom. The van der Waals surface area contributed by atoms with Crippen LogP contribution in [0.25, 0.3) is 0 Å². The third-order valence-corrected chi connectivity index (χ3v) is 3.81. The maximum absolute atomic E-state index is 11.8. The molecule has 0 aliphatic heterocycles. The van der Waals surface area contributed by atoms with E-state index in [0.29, 0.717) is 22.1 Å². The minimum atomic E-state index is -1.09. The van der Waals surface area contributed by atoms with Crippen molar-refractivity contribution in [2.75, 3.05) is 5.32 Å². The third kappa shape index (κ3) is 5.11. The number of anilines is 1. The van der Waals surface area contributed by atoms with E-state index in [9.17, 15) is 9.59 Å². The Balaban J connectivity index is 2.28. The lowest BCUT2D eigenvalue weighted by atomic mass is 9.97. The maximum Gasteiger partial charge on any atom is 0.232 e. The predicted molar refractivity (Wildman–Crippen MR) is 103 cm³/mol. The summed E-state index contributed by atoms with van der Waals surface area (Å²) in [6.45, 7) is 1.36. The Bertz CT molecular complexity index is 898. The number of aromatic nitrogens is 1. The zero-order valence-electron chi connectivity index (χ0n) is 13.7. The van der Waals surface area contributed by atoms with E-state index in [-0.39, 0.29) is 16.6 Å². The van der Waals surface area contributed by atoms with Crippen LogP contribution >= 0.6 is 23.2 Å². The number of primary amides is 1. The number of nitrogens with two attached hydrogens (primary N) is 1. The molecule has 9 heteroatoms. The molecule has 1 aromatic heterocycles. The molecule has 26 heavy (non-hydrogen) atoms. The van der Waals surface area contributed by atoms with Crippen LogP contribution in [0, 0.1) is 11.3 Å². The summed E-state index contributed by atoms with van der Waals surface area (Å²) in [7, 11) is 0. The van der Waals surface area contributed by atoms with Gasteiger partial charge in [-0.1, -0.05) is 29.3 Å². The van der Waals surface area contributed by atoms with E-state index in [0.717, 1.165) is 0 Å². The Kier molecular flexibility index (Phi) is 6.43. The highest BCUT2D eigenvalue weighted by molar-refractivity contribution is 6.38. The largest absolute Gasteiger partial charge is 0.369 e. The lowest BCUT2D eigenvalue weighted by Gasteiger charge is -2.12. The number of hydrogen-bond acceptors (Lipinski definition) is 5. The van der Waals surface area contributed by atoms with Crippen molar-refractivity contribution >= 4 is 58.4 Å². The summed E-state index contributed by atoms with van der Waals surface area (Å²) in [5.41, 5.74) is 6.08. The van der Waals surface area contributed by atoms with Crippen LogP contribution in [0.1, 0.15) is 12.5 Å². The molecular weight excluding hydrogens is 377 g/mol. The molecule has 134 valence electrons. The average Bonchev–Trinajstić information content (AvgIpc) is 2.54. The van der Waals surface area contributed by atoms with E-state index in [4.69, 9.17) is 34.3 Å². The molecule has 1 heterocycles. The van der Waals surface area contributed by atoms with Crippen LogP contribution in [0.4, 0.5) is 11.5 Å². The zero-order chi connectivity index (χ0) is 19.3. The summed E-state index contributed by atoms with van der Waals surface area (Å²) < 4.78 is 0. The molecule has 4 N–H and O–H groups in total. The first-order chi connectivity index (χ1) is 12.3. The summed E-state index contributed by atoms with van der Waals surface area (Å²) >= 11 is 11.9. The normalized spacial score (nSPS) is 12.0. The summed E-state index contributed by atoms with van der Waals surface area (Å²) in [4.78, 5) is 31.0. The van der Waals surface area contributed by atoms with E-state index >= 15 is 0 Å². The highest BCUT2D eigenvalue weighted by atomic mass is 35.5. The summed E-state index contributed by atoms with van der Waals surface area (Å²) in [5, 5.41) is 11.4. The first-order valence-corrected chi connectivity index (χ1v) is 8.14. The molecule has 0 bridgehead atoms. The predicted octanol–water partition coefficient (Wildman–Crippen LogP) is 3.22. The van der Waals surface area contributed by atoms with Gasteiger partial charge in [0.2, 0.25) is 11.8 Å². The number of hydrogen-bond donors (Lipinski definition) is 3. The second-order valence-electron chi connectivity index (χ2n) is 5.28. The number of halogens is 2. The van der Waals surface area contributed by atoms with Gasteiger partial charge in [-0.2, -0.15) is 0 Å². The van der Waals surface area contributed by atoms with Crippen molar-refractivity contribution in [1.29, 1.82) is 5.41 Å². The van der Waals surface area contributed by atoms with Crippen LogP contribution in [-0.2, 0) is 9.59 Å². The van der Waals surface area contributed by atoms with Crippen molar-refractivity contribution in [1.82, 2.24) is 4.98 Å². The van der Waals surface area contributed by atoms with E-state index in [1.54, 1.807) is 12.1 Å². The second-order valence-corrected chi connectivity index (χ2v) is 6.12. The summed E-state index contributed by atoms with van der Waals surface area (Å²) in [5.74, 6) is -1.79. The van der Waals surface area contributed by atoms with Crippen molar-refractivity contribution in [3.05, 3.63) is 52.1 Å². The first-order valence-electron chi connectivity index (χ1n) is 7.39. The number of carbonyl (C=O) groups is 2. The molecule has 1 atom stereocenters. The number of aliphatic imine (C=N–C) groups is 1. The molecule has 0 spiro atoms. The molecule has 2 rings (SSSR count). The first kappa shape index (κ1) is 19.6. The van der Waals surface area contributed by atoms with Crippen LogP contribution in [0.5, 0.6) is 0 Å². The molecule has 0 saturated heterocycles. The monoisotopic (exact) mass is 391 g/mol. The van der Waals surface area contributed by atoms with Crippen LogP contribution < -0.4 is 11.1 Å². The van der Waals surface area contributed by atoms with E-state index in [2.05, 4.69) is 15.3 Å². The maximum atomic E-state index is 11.8. The number of carbonyl (C=O) groups excluding carboxylic acids is 2. The van der Waals surface area contributed by atoms with Crippen LogP contribution in [0.3, 0.4) is 0 Å². The highest BCUT2D eigenvalue weighted by Crippen LogP contribution is 2.23. The van der Waals surface area contributed by atoms with Gasteiger partial charge in [0.05, 0.1) is 16.4 Å². The smallest absolute Gasteiger partial charge is 0.232 e.